The molecule has 1 atom stereocenters. The summed E-state index contributed by atoms with van der Waals surface area (Å²) in [6, 6.07) is 11.9. The number of halogens is 1. The van der Waals surface area contributed by atoms with Crippen molar-refractivity contribution < 1.29 is 23.8 Å². The molecule has 0 fully saturated rings. The van der Waals surface area contributed by atoms with Gasteiger partial charge in [-0.3, -0.25) is 9.59 Å². The number of carbonyl (C=O) groups excluding carboxylic acids is 2. The molecular weight excluding hydrogens is 480 g/mol. The van der Waals surface area contributed by atoms with Crippen molar-refractivity contribution in [3.05, 3.63) is 75.7 Å². The first kappa shape index (κ1) is 25.8. The van der Waals surface area contributed by atoms with Gasteiger partial charge in [0.05, 0.1) is 18.7 Å². The smallest absolute Gasteiger partial charge is 0.290 e. The number of rotatable bonds is 9. The van der Waals surface area contributed by atoms with Crippen LogP contribution in [-0.2, 0) is 4.79 Å². The number of nitrogens with zero attached hydrogens (tertiary/aromatic N) is 2. The lowest BCUT2D eigenvalue weighted by molar-refractivity contribution is -0.129. The Morgan fingerprint density at radius 1 is 1.19 bits per heavy atom. The minimum Gasteiger partial charge on any atom is -0.503 e. The molecular formula is C28H31ClN2O5. The second-order valence-corrected chi connectivity index (χ2v) is 10.0. The third kappa shape index (κ3) is 4.86. The first-order valence-electron chi connectivity index (χ1n) is 11.9. The van der Waals surface area contributed by atoms with Gasteiger partial charge in [0.15, 0.2) is 22.9 Å². The molecule has 3 aromatic rings. The van der Waals surface area contributed by atoms with Crippen molar-refractivity contribution in [3.63, 3.8) is 0 Å². The maximum absolute atomic E-state index is 13.8. The molecule has 0 radical (unpaired) electrons. The maximum Gasteiger partial charge on any atom is 0.290 e. The van der Waals surface area contributed by atoms with Gasteiger partial charge in [0.1, 0.15) is 0 Å². The summed E-state index contributed by atoms with van der Waals surface area (Å²) in [6.07, 6.45) is 0.689. The Hall–Kier alpha value is -3.29. The van der Waals surface area contributed by atoms with Crippen molar-refractivity contribution in [2.24, 2.45) is 0 Å². The van der Waals surface area contributed by atoms with E-state index in [1.54, 1.807) is 23.1 Å². The van der Waals surface area contributed by atoms with Crippen LogP contribution in [0.1, 0.15) is 53.9 Å². The van der Waals surface area contributed by atoms with Gasteiger partial charge in [-0.1, -0.05) is 49.7 Å². The zero-order chi connectivity index (χ0) is 26.1. The van der Waals surface area contributed by atoms with Crippen molar-refractivity contribution in [1.29, 1.82) is 0 Å². The number of ether oxygens (including phenoxy) is 1. The first-order chi connectivity index (χ1) is 17.1. The van der Waals surface area contributed by atoms with Crippen molar-refractivity contribution in [3.8, 4) is 5.75 Å². The Kier molecular flexibility index (Phi) is 7.43. The molecule has 8 heteroatoms. The summed E-state index contributed by atoms with van der Waals surface area (Å²) in [5, 5.41) is 12.0. The van der Waals surface area contributed by atoms with Gasteiger partial charge in [-0.25, -0.2) is 0 Å². The lowest BCUT2D eigenvalue weighted by atomic mass is 9.93. The molecule has 0 spiro atoms. The quantitative estimate of drug-likeness (QED) is 0.369. The summed E-state index contributed by atoms with van der Waals surface area (Å²) in [5.41, 5.74) is 2.27. The van der Waals surface area contributed by atoms with Crippen LogP contribution in [0.3, 0.4) is 0 Å². The Morgan fingerprint density at radius 2 is 1.89 bits per heavy atom. The molecule has 4 rings (SSSR count). The molecule has 1 amide bonds. The number of amides is 1. The van der Waals surface area contributed by atoms with Crippen LogP contribution in [0.15, 0.2) is 58.2 Å². The van der Waals surface area contributed by atoms with E-state index in [-0.39, 0.29) is 11.3 Å². The molecule has 0 saturated heterocycles. The lowest BCUT2D eigenvalue weighted by Crippen LogP contribution is -2.33. The summed E-state index contributed by atoms with van der Waals surface area (Å²) < 4.78 is 11.2. The van der Waals surface area contributed by atoms with Crippen LogP contribution in [0.25, 0.3) is 11.0 Å². The van der Waals surface area contributed by atoms with Crippen LogP contribution in [-0.4, -0.2) is 60.9 Å². The third-order valence-electron chi connectivity index (χ3n) is 6.46. The van der Waals surface area contributed by atoms with Gasteiger partial charge >= 0.3 is 0 Å². The Labute approximate surface area is 215 Å². The van der Waals surface area contributed by atoms with Crippen LogP contribution in [0, 0.1) is 0 Å². The van der Waals surface area contributed by atoms with Crippen molar-refractivity contribution >= 4 is 34.3 Å². The molecule has 0 aliphatic carbocycles. The molecule has 2 aromatic carbocycles. The van der Waals surface area contributed by atoms with E-state index >= 15 is 0 Å². The summed E-state index contributed by atoms with van der Waals surface area (Å²) in [7, 11) is 5.41. The molecule has 2 heterocycles. The fraction of sp³-hybridized carbons (Fsp3) is 0.357. The van der Waals surface area contributed by atoms with E-state index in [1.807, 2.05) is 43.3 Å². The zero-order valence-corrected chi connectivity index (χ0v) is 21.9. The van der Waals surface area contributed by atoms with Crippen molar-refractivity contribution in [2.75, 3.05) is 34.3 Å². The molecule has 190 valence electrons. The number of methoxy groups -OCH3 is 1. The van der Waals surface area contributed by atoms with Crippen LogP contribution >= 0.6 is 11.6 Å². The van der Waals surface area contributed by atoms with Crippen molar-refractivity contribution in [1.82, 2.24) is 9.80 Å². The number of aliphatic hydroxyl groups excluding tert-OH is 1. The highest BCUT2D eigenvalue weighted by molar-refractivity contribution is 6.31. The largest absolute Gasteiger partial charge is 0.503 e. The fourth-order valence-corrected chi connectivity index (χ4v) is 4.78. The van der Waals surface area contributed by atoms with E-state index in [0.29, 0.717) is 40.6 Å². The summed E-state index contributed by atoms with van der Waals surface area (Å²) in [5.74, 6) is -0.937. The van der Waals surface area contributed by atoms with Gasteiger partial charge in [-0.15, -0.1) is 0 Å². The van der Waals surface area contributed by atoms with Gasteiger partial charge in [0, 0.05) is 23.0 Å². The van der Waals surface area contributed by atoms with E-state index in [0.717, 1.165) is 17.7 Å². The van der Waals surface area contributed by atoms with E-state index in [9.17, 15) is 14.7 Å². The molecule has 36 heavy (non-hydrogen) atoms. The van der Waals surface area contributed by atoms with Crippen LogP contribution in [0.4, 0.5) is 0 Å². The molecule has 7 nitrogen and oxygen atoms in total. The number of hydrogen-bond donors (Lipinski definition) is 1. The highest BCUT2D eigenvalue weighted by Gasteiger charge is 2.44. The number of aliphatic hydroxyl groups is 1. The summed E-state index contributed by atoms with van der Waals surface area (Å²) >= 11 is 6.18. The van der Waals surface area contributed by atoms with Gasteiger partial charge in [0.2, 0.25) is 5.78 Å². The standard InChI is InChI=1S/C28H31ClN2O5/c1-16(2)17-7-9-18(10-8-17)24-23(26(33)28(34)31(24)12-6-11-30(3)4)25(32)21-14-19-13-20(29)15-22(35-5)27(19)36-21/h7-10,13-16,24,33H,6,11-12H2,1-5H3. The van der Waals surface area contributed by atoms with E-state index < -0.39 is 23.5 Å². The molecule has 1 aliphatic rings. The molecule has 1 N–H and O–H groups in total. The Balaban J connectivity index is 1.77. The highest BCUT2D eigenvalue weighted by atomic mass is 35.5. The zero-order valence-electron chi connectivity index (χ0n) is 21.2. The first-order valence-corrected chi connectivity index (χ1v) is 12.3. The number of carbonyl (C=O) groups is 2. The van der Waals surface area contributed by atoms with Crippen LogP contribution in [0.5, 0.6) is 5.75 Å². The number of fused-ring (bicyclic) bond motifs is 1. The van der Waals surface area contributed by atoms with Crippen molar-refractivity contribution in [2.45, 2.75) is 32.2 Å². The number of furan rings is 1. The third-order valence-corrected chi connectivity index (χ3v) is 6.68. The Morgan fingerprint density at radius 3 is 2.50 bits per heavy atom. The molecule has 0 saturated carbocycles. The second-order valence-electron chi connectivity index (χ2n) is 9.61. The fourth-order valence-electron chi connectivity index (χ4n) is 4.57. The molecule has 1 aliphatic heterocycles. The number of Topliss-reactive ketones (excluding diaryl/α,β-unsaturated/α-hetero) is 1. The molecule has 1 aromatic heterocycles. The summed E-state index contributed by atoms with van der Waals surface area (Å²) in [4.78, 5) is 30.6. The SMILES string of the molecule is COc1cc(Cl)cc2cc(C(=O)C3=C(O)C(=O)N(CCCN(C)C)C3c3ccc(C(C)C)cc3)oc12. The van der Waals surface area contributed by atoms with Gasteiger partial charge in [-0.2, -0.15) is 0 Å². The monoisotopic (exact) mass is 510 g/mol. The second kappa shape index (κ2) is 10.4. The van der Waals surface area contributed by atoms with E-state index in [4.69, 9.17) is 20.8 Å². The van der Waals surface area contributed by atoms with E-state index in [1.165, 1.54) is 7.11 Å². The average molecular weight is 511 g/mol. The predicted octanol–water partition coefficient (Wildman–Crippen LogP) is 5.75. The van der Waals surface area contributed by atoms with Crippen LogP contribution < -0.4 is 4.74 Å². The minimum absolute atomic E-state index is 0.00106. The lowest BCUT2D eigenvalue weighted by Gasteiger charge is -2.27. The summed E-state index contributed by atoms with van der Waals surface area (Å²) in [6.45, 7) is 5.35. The van der Waals surface area contributed by atoms with Gasteiger partial charge in [0.25, 0.3) is 5.91 Å². The molecule has 1 unspecified atom stereocenters. The number of hydrogen-bond acceptors (Lipinski definition) is 6. The Bertz CT molecular complexity index is 1320. The predicted molar refractivity (Wildman–Crippen MR) is 140 cm³/mol. The minimum atomic E-state index is -0.730. The van der Waals surface area contributed by atoms with Gasteiger partial charge < -0.3 is 24.1 Å². The number of ketones is 1. The van der Waals surface area contributed by atoms with Crippen LogP contribution in [0.2, 0.25) is 5.02 Å². The van der Waals surface area contributed by atoms with E-state index in [2.05, 4.69) is 13.8 Å². The number of benzene rings is 2. The topological polar surface area (TPSA) is 83.2 Å². The molecule has 0 bridgehead atoms. The maximum atomic E-state index is 13.8. The normalized spacial score (nSPS) is 16.2. The highest BCUT2D eigenvalue weighted by Crippen LogP contribution is 2.41. The van der Waals surface area contributed by atoms with Gasteiger partial charge in [-0.05, 0) is 56.2 Å². The average Bonchev–Trinajstić information content (AvgIpc) is 3.37.